The number of fused-ring (bicyclic) bond motifs is 4. The Morgan fingerprint density at radius 3 is 2.39 bits per heavy atom. The molecule has 19 heteroatoms. The molecule has 2 bridgehead atoms. The molecular weight excluding hydrogens is 659 g/mol. The molecule has 0 spiro atoms. The van der Waals surface area contributed by atoms with Gasteiger partial charge < -0.3 is 29.4 Å². The predicted octanol–water partition coefficient (Wildman–Crippen LogP) is 3.50. The van der Waals surface area contributed by atoms with E-state index < -0.39 is 62.6 Å². The number of nitrogen functional groups attached to an aromatic ring is 1. The van der Waals surface area contributed by atoms with Crippen LogP contribution in [0.3, 0.4) is 0 Å². The molecule has 44 heavy (non-hydrogen) atoms. The Balaban J connectivity index is 1.24. The molecule has 3 N–H and O–H groups in total. The summed E-state index contributed by atoms with van der Waals surface area (Å²) in [6, 6.07) is 9.05. The molecule has 0 aliphatic carbocycles. The van der Waals surface area contributed by atoms with Gasteiger partial charge in [0.1, 0.15) is 36.3 Å². The van der Waals surface area contributed by atoms with Crippen molar-refractivity contribution in [2.75, 3.05) is 18.9 Å². The molecule has 1 aromatic carbocycles. The highest BCUT2D eigenvalue weighted by atomic mass is 32.7. The Bertz CT molecular complexity index is 1660. The fourth-order valence-electron chi connectivity index (χ4n) is 5.15. The van der Waals surface area contributed by atoms with E-state index in [1.54, 1.807) is 12.1 Å². The molecule has 0 saturated carbocycles. The lowest BCUT2D eigenvalue weighted by Gasteiger charge is -2.24. The number of aromatic nitrogens is 4. The van der Waals surface area contributed by atoms with Crippen molar-refractivity contribution in [3.8, 4) is 11.8 Å². The summed E-state index contributed by atoms with van der Waals surface area (Å²) in [6.45, 7) is -8.87. The van der Waals surface area contributed by atoms with E-state index in [1.165, 1.54) is 17.2 Å². The van der Waals surface area contributed by atoms with Crippen molar-refractivity contribution >= 4 is 55.1 Å². The summed E-state index contributed by atoms with van der Waals surface area (Å²) in [5.41, 5.74) is 7.00. The predicted molar refractivity (Wildman–Crippen MR) is 161 cm³/mol. The van der Waals surface area contributed by atoms with Crippen LogP contribution in [0.5, 0.6) is 0 Å². The third kappa shape index (κ3) is 6.86. The van der Waals surface area contributed by atoms with Gasteiger partial charge in [0, 0.05) is 18.4 Å². The third-order valence-electron chi connectivity index (χ3n) is 7.22. The van der Waals surface area contributed by atoms with E-state index >= 15 is 4.39 Å². The first-order valence-electron chi connectivity index (χ1n) is 13.5. The number of benzene rings is 1. The van der Waals surface area contributed by atoms with Gasteiger partial charge in [-0.2, -0.15) is 0 Å². The lowest BCUT2D eigenvalue weighted by molar-refractivity contribution is -0.0302. The fourth-order valence-corrected chi connectivity index (χ4v) is 8.19. The monoisotopic (exact) mass is 687 g/mol. The molecule has 3 aliphatic heterocycles. The number of halogens is 1. The van der Waals surface area contributed by atoms with Crippen LogP contribution in [-0.4, -0.2) is 80.6 Å². The number of aliphatic hydroxyl groups is 1. The van der Waals surface area contributed by atoms with E-state index in [9.17, 15) is 14.2 Å². The maximum Gasteiger partial charge on any atom is 0.386 e. The molecule has 0 radical (unpaired) electrons. The van der Waals surface area contributed by atoms with E-state index in [4.69, 9.17) is 33.3 Å². The average Bonchev–Trinajstić information content (AvgIpc) is 3.63. The Morgan fingerprint density at radius 2 is 1.66 bits per heavy atom. The van der Waals surface area contributed by atoms with Gasteiger partial charge in [-0.05, 0) is 12.1 Å². The van der Waals surface area contributed by atoms with Crippen LogP contribution in [0.4, 0.5) is 10.2 Å². The summed E-state index contributed by atoms with van der Waals surface area (Å²) in [6.07, 6.45) is -7.83. The number of imidazole rings is 1. The maximum atomic E-state index is 16.0. The lowest BCUT2D eigenvalue weighted by atomic mass is 10.1. The lowest BCUT2D eigenvalue weighted by Crippen LogP contribution is -2.34. The number of nitrogens with zero attached hydrogens (tertiary/aromatic N) is 4. The van der Waals surface area contributed by atoms with Crippen LogP contribution in [0.25, 0.3) is 11.2 Å². The molecular formula is C25H28FN5O9P2S2. The van der Waals surface area contributed by atoms with Crippen LogP contribution in [0, 0.1) is 11.8 Å². The molecule has 3 aromatic rings. The highest BCUT2D eigenvalue weighted by molar-refractivity contribution is 8.44. The smallest absolute Gasteiger partial charge is 0.386 e. The van der Waals surface area contributed by atoms with Crippen LogP contribution in [0.15, 0.2) is 43.0 Å². The number of aliphatic hydroxyl groups excluding tert-OH is 1. The SMILES string of the molecule is Nc1ncnc2c1ncn2[C@@H]1O[C@@H]2CCOP(=O)(S)O[C@@H]3[C@H](O)[C@@H](CCOP(=O)(S)O[C@H]2[C@H]1F)O[C@H]3C#Cc1ccccc1. The molecule has 2 unspecified atom stereocenters. The maximum absolute atomic E-state index is 16.0. The zero-order chi connectivity index (χ0) is 31.1. The summed E-state index contributed by atoms with van der Waals surface area (Å²) >= 11 is 8.14. The van der Waals surface area contributed by atoms with Crippen molar-refractivity contribution < 1.29 is 46.2 Å². The van der Waals surface area contributed by atoms with Gasteiger partial charge in [0.15, 0.2) is 23.9 Å². The van der Waals surface area contributed by atoms with E-state index in [-0.39, 0.29) is 43.0 Å². The zero-order valence-electron chi connectivity index (χ0n) is 22.7. The molecule has 3 fully saturated rings. The molecule has 3 aliphatic rings. The number of hydrogen-bond donors (Lipinski definition) is 4. The summed E-state index contributed by atoms with van der Waals surface area (Å²) in [4.78, 5) is 12.2. The van der Waals surface area contributed by atoms with E-state index in [0.29, 0.717) is 5.56 Å². The van der Waals surface area contributed by atoms with Gasteiger partial charge in [0.05, 0.1) is 31.7 Å². The molecule has 5 heterocycles. The molecule has 236 valence electrons. The Labute approximate surface area is 261 Å². The zero-order valence-corrected chi connectivity index (χ0v) is 26.3. The van der Waals surface area contributed by atoms with Crippen LogP contribution < -0.4 is 5.73 Å². The molecule has 3 saturated heterocycles. The van der Waals surface area contributed by atoms with Gasteiger partial charge in [0.2, 0.25) is 0 Å². The minimum absolute atomic E-state index is 0.00931. The standard InChI is InChI=1S/C25H28FN5O9P2S2/c26-18-21-17(38-25(18)31-13-30-19-23(27)28-12-29-24(19)31)9-11-36-42(34,44)40-22-16(7-6-14-4-2-1-3-5-14)37-15(20(22)32)8-10-35-41(33,43)39-21/h1-5,12-13,15-18,20-22,25,32H,8-11H2,(H,33,43)(H,34,44)(H2,27,28,29)/t15-,16+,17-,18-,20-,21-,22+,25-,41?,42?/m1/s1. The quantitative estimate of drug-likeness (QED) is 0.166. The minimum Gasteiger partial charge on any atom is -0.388 e. The van der Waals surface area contributed by atoms with Gasteiger partial charge in [-0.3, -0.25) is 13.6 Å². The summed E-state index contributed by atoms with van der Waals surface area (Å²) in [5, 5.41) is 11.0. The average molecular weight is 688 g/mol. The first kappa shape index (κ1) is 31.9. The topological polar surface area (TPSA) is 179 Å². The first-order valence-corrected chi connectivity index (χ1v) is 18.8. The second kappa shape index (κ2) is 13.0. The van der Waals surface area contributed by atoms with Gasteiger partial charge in [-0.15, -0.1) is 0 Å². The van der Waals surface area contributed by atoms with E-state index in [0.717, 1.165) is 0 Å². The largest absolute Gasteiger partial charge is 0.388 e. The van der Waals surface area contributed by atoms with Crippen molar-refractivity contribution in [2.45, 2.75) is 61.9 Å². The number of hydrogen-bond acceptors (Lipinski definition) is 13. The van der Waals surface area contributed by atoms with Crippen LogP contribution >= 0.6 is 38.1 Å². The van der Waals surface area contributed by atoms with Crippen LogP contribution in [0.1, 0.15) is 24.6 Å². The van der Waals surface area contributed by atoms with Crippen molar-refractivity contribution in [2.24, 2.45) is 0 Å². The van der Waals surface area contributed by atoms with Crippen molar-refractivity contribution in [1.82, 2.24) is 19.5 Å². The van der Waals surface area contributed by atoms with Gasteiger partial charge >= 0.3 is 13.6 Å². The van der Waals surface area contributed by atoms with Gasteiger partial charge in [-0.1, -0.05) is 54.5 Å². The fraction of sp³-hybridized carbons (Fsp3) is 0.480. The van der Waals surface area contributed by atoms with Crippen LogP contribution in [0.2, 0.25) is 0 Å². The minimum atomic E-state index is -4.18. The summed E-state index contributed by atoms with van der Waals surface area (Å²) in [7, 11) is 0. The van der Waals surface area contributed by atoms with Crippen LogP contribution in [-0.2, 0) is 36.7 Å². The number of anilines is 1. The second-order valence-electron chi connectivity index (χ2n) is 10.1. The van der Waals surface area contributed by atoms with Crippen molar-refractivity contribution in [3.63, 3.8) is 0 Å². The molecule has 0 amide bonds. The van der Waals surface area contributed by atoms with Crippen molar-refractivity contribution in [1.29, 1.82) is 0 Å². The van der Waals surface area contributed by atoms with Gasteiger partial charge in [-0.25, -0.2) is 28.5 Å². The second-order valence-corrected chi connectivity index (χ2v) is 15.9. The highest BCUT2D eigenvalue weighted by Gasteiger charge is 2.51. The molecule has 10 atom stereocenters. The highest BCUT2D eigenvalue weighted by Crippen LogP contribution is 2.58. The molecule has 2 aromatic heterocycles. The first-order chi connectivity index (χ1) is 21.0. The van der Waals surface area contributed by atoms with Crippen molar-refractivity contribution in [3.05, 3.63) is 48.5 Å². The van der Waals surface area contributed by atoms with E-state index in [2.05, 4.69) is 51.3 Å². The number of thiol groups is 2. The number of rotatable bonds is 1. The summed E-state index contributed by atoms with van der Waals surface area (Å²) in [5.74, 6) is 5.93. The third-order valence-corrected chi connectivity index (χ3v) is 10.5. The number of alkyl halides is 1. The summed E-state index contributed by atoms with van der Waals surface area (Å²) < 4.78 is 77.8. The Kier molecular flexibility index (Phi) is 9.41. The normalized spacial score (nSPS) is 38.3. The number of nitrogens with two attached hydrogens (primary N) is 1. The molecule has 6 rings (SSSR count). The Morgan fingerprint density at radius 1 is 0.977 bits per heavy atom. The molecule has 14 nitrogen and oxygen atoms in total. The number of ether oxygens (including phenoxy) is 2. The van der Waals surface area contributed by atoms with Gasteiger partial charge in [0.25, 0.3) is 0 Å². The Hall–Kier alpha value is -2.06. The van der Waals surface area contributed by atoms with E-state index in [1.807, 2.05) is 18.2 Å².